The largest absolute Gasteiger partial charge is 0.478 e. The Morgan fingerprint density at radius 2 is 2.11 bits per heavy atom. The van der Waals surface area contributed by atoms with E-state index in [2.05, 4.69) is 25.7 Å². The van der Waals surface area contributed by atoms with Crippen molar-refractivity contribution in [1.82, 2.24) is 15.2 Å². The fourth-order valence-electron chi connectivity index (χ4n) is 1.25. The predicted octanol–water partition coefficient (Wildman–Crippen LogP) is 0.309. The first kappa shape index (κ1) is 12.4. The Labute approximate surface area is 106 Å². The number of nitrogens with zero attached hydrogens (tertiary/aromatic N) is 3. The van der Waals surface area contributed by atoms with Crippen LogP contribution in [-0.4, -0.2) is 32.5 Å². The maximum Gasteiger partial charge on any atom is 0.363 e. The first-order chi connectivity index (χ1) is 9.15. The quantitative estimate of drug-likeness (QED) is 0.536. The maximum absolute atomic E-state index is 10.8. The molecule has 0 unspecified atom stereocenters. The highest BCUT2D eigenvalue weighted by molar-refractivity contribution is 5.89. The van der Waals surface area contributed by atoms with E-state index in [4.69, 9.17) is 5.11 Å². The predicted molar refractivity (Wildman–Crippen MR) is 67.3 cm³/mol. The van der Waals surface area contributed by atoms with Gasteiger partial charge in [0.1, 0.15) is 0 Å². The summed E-state index contributed by atoms with van der Waals surface area (Å²) in [7, 11) is 0. The van der Waals surface area contributed by atoms with Crippen LogP contribution in [0.2, 0.25) is 0 Å². The number of anilines is 1. The molecule has 8 nitrogen and oxygen atoms in total. The number of carbonyl (C=O) groups is 1. The Bertz CT molecular complexity index is 663. The lowest BCUT2D eigenvalue weighted by Crippen LogP contribution is -2.13. The Morgan fingerprint density at radius 3 is 2.74 bits per heavy atom. The normalized spacial score (nSPS) is 10.5. The number of H-pyrrole nitrogens is 1. The van der Waals surface area contributed by atoms with Crippen LogP contribution in [0.3, 0.4) is 0 Å². The van der Waals surface area contributed by atoms with Gasteiger partial charge in [0.25, 0.3) is 0 Å². The molecule has 0 fully saturated rings. The molecule has 2 rings (SSSR count). The standard InChI is InChI=1S/C11H9N5O3/c17-10(18)8-3-1-7(2-4-8)5-12-15-9-6-13-16-11(19)14-9/h1-6H,(H,17,18)(H2,14,15,16,19)/b12-5+. The Hall–Kier alpha value is -3.03. The van der Waals surface area contributed by atoms with Crippen molar-refractivity contribution in [1.29, 1.82) is 0 Å². The van der Waals surface area contributed by atoms with E-state index in [1.165, 1.54) is 24.5 Å². The summed E-state index contributed by atoms with van der Waals surface area (Å²) in [5, 5.41) is 18.3. The molecule has 0 aliphatic heterocycles. The summed E-state index contributed by atoms with van der Waals surface area (Å²) < 4.78 is 0. The number of rotatable bonds is 4. The Morgan fingerprint density at radius 1 is 1.37 bits per heavy atom. The van der Waals surface area contributed by atoms with E-state index >= 15 is 0 Å². The van der Waals surface area contributed by atoms with E-state index in [-0.39, 0.29) is 11.4 Å². The van der Waals surface area contributed by atoms with Crippen molar-refractivity contribution in [2.75, 3.05) is 5.43 Å². The SMILES string of the molecule is O=C(O)c1ccc(/C=N/Nc2cn[nH]c(=O)n2)cc1. The third-order valence-corrected chi connectivity index (χ3v) is 2.12. The summed E-state index contributed by atoms with van der Waals surface area (Å²) in [5.41, 5.74) is 2.86. The molecule has 1 heterocycles. The molecule has 19 heavy (non-hydrogen) atoms. The summed E-state index contributed by atoms with van der Waals surface area (Å²) in [5.74, 6) is -0.775. The van der Waals surface area contributed by atoms with Gasteiger partial charge in [-0.05, 0) is 17.7 Å². The summed E-state index contributed by atoms with van der Waals surface area (Å²) in [6.07, 6.45) is 2.78. The fourth-order valence-corrected chi connectivity index (χ4v) is 1.25. The van der Waals surface area contributed by atoms with Gasteiger partial charge in [0.05, 0.1) is 18.0 Å². The zero-order valence-electron chi connectivity index (χ0n) is 9.57. The lowest BCUT2D eigenvalue weighted by Gasteiger charge is -1.97. The number of aromatic amines is 1. The van der Waals surface area contributed by atoms with E-state index < -0.39 is 11.7 Å². The number of hydrogen-bond acceptors (Lipinski definition) is 6. The van der Waals surface area contributed by atoms with Crippen LogP contribution in [0.15, 0.2) is 40.4 Å². The minimum absolute atomic E-state index is 0.200. The molecular weight excluding hydrogens is 250 g/mol. The molecule has 0 spiro atoms. The number of hydrogen-bond donors (Lipinski definition) is 3. The minimum Gasteiger partial charge on any atom is -0.478 e. The number of carboxylic acid groups (broad SMARTS) is 1. The number of benzene rings is 1. The molecule has 3 N–H and O–H groups in total. The van der Waals surface area contributed by atoms with Crippen molar-refractivity contribution in [2.45, 2.75) is 0 Å². The molecule has 1 aromatic carbocycles. The second kappa shape index (κ2) is 5.54. The summed E-state index contributed by atoms with van der Waals surface area (Å²) in [6.45, 7) is 0. The van der Waals surface area contributed by atoms with Gasteiger partial charge in [-0.2, -0.15) is 15.2 Å². The lowest BCUT2D eigenvalue weighted by atomic mass is 10.1. The van der Waals surface area contributed by atoms with Crippen LogP contribution in [0.4, 0.5) is 5.82 Å². The van der Waals surface area contributed by atoms with Crippen LogP contribution >= 0.6 is 0 Å². The van der Waals surface area contributed by atoms with Crippen molar-refractivity contribution in [3.05, 3.63) is 52.1 Å². The lowest BCUT2D eigenvalue weighted by molar-refractivity contribution is 0.0697. The van der Waals surface area contributed by atoms with Crippen molar-refractivity contribution in [2.24, 2.45) is 5.10 Å². The third-order valence-electron chi connectivity index (χ3n) is 2.12. The monoisotopic (exact) mass is 259 g/mol. The first-order valence-electron chi connectivity index (χ1n) is 5.19. The van der Waals surface area contributed by atoms with Crippen LogP contribution < -0.4 is 11.1 Å². The number of aromatic nitrogens is 3. The highest BCUT2D eigenvalue weighted by Gasteiger charge is 2.00. The maximum atomic E-state index is 10.8. The number of aromatic carboxylic acids is 1. The average Bonchev–Trinajstić information content (AvgIpc) is 2.39. The zero-order chi connectivity index (χ0) is 13.7. The molecule has 8 heteroatoms. The zero-order valence-corrected chi connectivity index (χ0v) is 9.57. The average molecular weight is 259 g/mol. The van der Waals surface area contributed by atoms with Crippen LogP contribution in [0.5, 0.6) is 0 Å². The van der Waals surface area contributed by atoms with E-state index in [1.54, 1.807) is 12.1 Å². The van der Waals surface area contributed by atoms with Crippen molar-refractivity contribution < 1.29 is 9.90 Å². The molecule has 96 valence electrons. The molecular formula is C11H9N5O3. The van der Waals surface area contributed by atoms with Gasteiger partial charge in [-0.3, -0.25) is 5.43 Å². The van der Waals surface area contributed by atoms with Gasteiger partial charge in [0.2, 0.25) is 0 Å². The van der Waals surface area contributed by atoms with Gasteiger partial charge in [-0.1, -0.05) is 12.1 Å². The van der Waals surface area contributed by atoms with E-state index in [9.17, 15) is 9.59 Å². The highest BCUT2D eigenvalue weighted by Crippen LogP contribution is 2.02. The summed E-state index contributed by atoms with van der Waals surface area (Å²) >= 11 is 0. The smallest absolute Gasteiger partial charge is 0.363 e. The third kappa shape index (κ3) is 3.46. The minimum atomic E-state index is -0.986. The number of hydrazone groups is 1. The van der Waals surface area contributed by atoms with E-state index in [1.807, 2.05) is 0 Å². The van der Waals surface area contributed by atoms with Crippen molar-refractivity contribution >= 4 is 18.0 Å². The molecule has 0 radical (unpaired) electrons. The van der Waals surface area contributed by atoms with Gasteiger partial charge in [0.15, 0.2) is 5.82 Å². The van der Waals surface area contributed by atoms with Crippen LogP contribution in [0.25, 0.3) is 0 Å². The van der Waals surface area contributed by atoms with Gasteiger partial charge in [-0.15, -0.1) is 0 Å². The van der Waals surface area contributed by atoms with Crippen molar-refractivity contribution in [3.8, 4) is 0 Å². The van der Waals surface area contributed by atoms with Gasteiger partial charge in [0, 0.05) is 0 Å². The molecule has 0 saturated heterocycles. The van der Waals surface area contributed by atoms with E-state index in [0.29, 0.717) is 5.56 Å². The number of nitrogens with one attached hydrogen (secondary N) is 2. The Balaban J connectivity index is 2.03. The second-order valence-corrected chi connectivity index (χ2v) is 3.47. The van der Waals surface area contributed by atoms with Gasteiger partial charge in [-0.25, -0.2) is 14.7 Å². The molecule has 0 bridgehead atoms. The van der Waals surface area contributed by atoms with Crippen molar-refractivity contribution in [3.63, 3.8) is 0 Å². The van der Waals surface area contributed by atoms with Crippen LogP contribution in [0.1, 0.15) is 15.9 Å². The second-order valence-electron chi connectivity index (χ2n) is 3.47. The summed E-state index contributed by atoms with van der Waals surface area (Å²) in [6, 6.07) is 6.16. The van der Waals surface area contributed by atoms with E-state index in [0.717, 1.165) is 0 Å². The first-order valence-corrected chi connectivity index (χ1v) is 5.19. The highest BCUT2D eigenvalue weighted by atomic mass is 16.4. The fraction of sp³-hybridized carbons (Fsp3) is 0. The van der Waals surface area contributed by atoms with Gasteiger partial charge < -0.3 is 5.11 Å². The topological polar surface area (TPSA) is 120 Å². The molecule has 2 aromatic rings. The summed E-state index contributed by atoms with van der Waals surface area (Å²) in [4.78, 5) is 25.1. The van der Waals surface area contributed by atoms with Gasteiger partial charge >= 0.3 is 11.7 Å². The molecule has 0 aliphatic carbocycles. The Kier molecular flexibility index (Phi) is 3.62. The molecule has 0 aliphatic rings. The van der Waals surface area contributed by atoms with Crippen LogP contribution in [0, 0.1) is 0 Å². The van der Waals surface area contributed by atoms with Crippen LogP contribution in [-0.2, 0) is 0 Å². The number of carboxylic acids is 1. The molecule has 0 saturated carbocycles. The molecule has 1 aromatic heterocycles. The molecule has 0 amide bonds. The molecule has 0 atom stereocenters.